The van der Waals surface area contributed by atoms with Gasteiger partial charge in [0.15, 0.2) is 21.3 Å². The summed E-state index contributed by atoms with van der Waals surface area (Å²) in [6.07, 6.45) is 1.22. The Hall–Kier alpha value is -4.94. The molecule has 0 saturated carbocycles. The average molecular weight is 555 g/mol. The Kier molecular flexibility index (Phi) is 5.87. The Labute approximate surface area is 239 Å². The Morgan fingerprint density at radius 2 is 1.24 bits per heavy atom. The van der Waals surface area contributed by atoms with E-state index >= 15 is 0 Å². The number of fused-ring (bicyclic) bond motifs is 3. The number of pyridine rings is 1. The highest BCUT2D eigenvalue weighted by molar-refractivity contribution is 7.90. The van der Waals surface area contributed by atoms with E-state index in [0.29, 0.717) is 0 Å². The SMILES string of the molecule is Cc1ccc(-c2cc(-c3ccc(S(C)(=O)=O)cc3)nc3c(N4c5ccccc5Oc5ccccc54)cccc23)cc1. The van der Waals surface area contributed by atoms with Gasteiger partial charge in [-0.2, -0.15) is 0 Å². The Bertz CT molecular complexity index is 2010. The second kappa shape index (κ2) is 9.61. The van der Waals surface area contributed by atoms with Gasteiger partial charge in [-0.1, -0.05) is 78.4 Å². The number of aryl methyl sites for hydroxylation is 1. The summed E-state index contributed by atoms with van der Waals surface area (Å²) in [5.41, 5.74) is 8.53. The normalized spacial score (nSPS) is 12.5. The van der Waals surface area contributed by atoms with E-state index in [2.05, 4.69) is 72.5 Å². The largest absolute Gasteiger partial charge is 0.453 e. The van der Waals surface area contributed by atoms with Crippen molar-refractivity contribution in [1.29, 1.82) is 0 Å². The summed E-state index contributed by atoms with van der Waals surface area (Å²) in [5, 5.41) is 1.02. The number of rotatable bonds is 4. The molecule has 0 atom stereocenters. The average Bonchev–Trinajstić information content (AvgIpc) is 2.99. The minimum atomic E-state index is -3.31. The summed E-state index contributed by atoms with van der Waals surface area (Å²) >= 11 is 0. The third kappa shape index (κ3) is 4.42. The van der Waals surface area contributed by atoms with Crippen molar-refractivity contribution in [2.75, 3.05) is 11.2 Å². The van der Waals surface area contributed by atoms with Crippen LogP contribution in [-0.2, 0) is 9.84 Å². The zero-order valence-electron chi connectivity index (χ0n) is 22.6. The summed E-state index contributed by atoms with van der Waals surface area (Å²) in [5.74, 6) is 1.55. The maximum Gasteiger partial charge on any atom is 0.175 e. The summed E-state index contributed by atoms with van der Waals surface area (Å²) in [6.45, 7) is 2.08. The maximum absolute atomic E-state index is 12.1. The van der Waals surface area contributed by atoms with Gasteiger partial charge in [0.05, 0.1) is 33.2 Å². The van der Waals surface area contributed by atoms with Crippen molar-refractivity contribution in [1.82, 2.24) is 4.98 Å². The van der Waals surface area contributed by atoms with Crippen LogP contribution >= 0.6 is 0 Å². The summed E-state index contributed by atoms with van der Waals surface area (Å²) in [4.78, 5) is 7.72. The van der Waals surface area contributed by atoms with E-state index in [1.807, 2.05) is 48.5 Å². The van der Waals surface area contributed by atoms with Crippen molar-refractivity contribution in [2.45, 2.75) is 11.8 Å². The highest BCUT2D eigenvalue weighted by Crippen LogP contribution is 2.51. The van der Waals surface area contributed by atoms with Crippen molar-refractivity contribution in [3.63, 3.8) is 0 Å². The number of ether oxygens (including phenoxy) is 1. The van der Waals surface area contributed by atoms with Gasteiger partial charge in [-0.25, -0.2) is 13.4 Å². The quantitative estimate of drug-likeness (QED) is 0.217. The van der Waals surface area contributed by atoms with Gasteiger partial charge in [0.25, 0.3) is 0 Å². The van der Waals surface area contributed by atoms with Crippen LogP contribution in [-0.4, -0.2) is 19.7 Å². The van der Waals surface area contributed by atoms with Crippen molar-refractivity contribution in [3.05, 3.63) is 127 Å². The minimum absolute atomic E-state index is 0.281. The predicted molar refractivity (Wildman–Crippen MR) is 165 cm³/mol. The van der Waals surface area contributed by atoms with Crippen LogP contribution in [0.15, 0.2) is 126 Å². The lowest BCUT2D eigenvalue weighted by Gasteiger charge is -2.33. The summed E-state index contributed by atoms with van der Waals surface area (Å²) < 4.78 is 30.5. The zero-order chi connectivity index (χ0) is 28.1. The van der Waals surface area contributed by atoms with Crippen LogP contribution < -0.4 is 9.64 Å². The lowest BCUT2D eigenvalue weighted by atomic mass is 9.96. The van der Waals surface area contributed by atoms with Crippen LogP contribution in [0.2, 0.25) is 0 Å². The Morgan fingerprint density at radius 1 is 0.659 bits per heavy atom. The van der Waals surface area contributed by atoms with E-state index in [1.165, 1.54) is 11.8 Å². The molecule has 200 valence electrons. The Balaban J connectivity index is 1.52. The molecule has 5 nitrogen and oxygen atoms in total. The molecule has 2 heterocycles. The summed E-state index contributed by atoms with van der Waals surface area (Å²) in [7, 11) is -3.31. The molecule has 41 heavy (non-hydrogen) atoms. The minimum Gasteiger partial charge on any atom is -0.453 e. The fraction of sp³-hybridized carbons (Fsp3) is 0.0571. The maximum atomic E-state index is 12.1. The van der Waals surface area contributed by atoms with Crippen LogP contribution in [0.25, 0.3) is 33.3 Å². The second-order valence-electron chi connectivity index (χ2n) is 10.3. The van der Waals surface area contributed by atoms with Gasteiger partial charge in [-0.05, 0) is 66.6 Å². The molecule has 6 aromatic rings. The zero-order valence-corrected chi connectivity index (χ0v) is 23.4. The molecule has 1 aliphatic rings. The lowest BCUT2D eigenvalue weighted by Crippen LogP contribution is -2.16. The standard InChI is InChI=1S/C35H26N2O3S/c1-23-14-16-24(17-15-23)28-22-29(25-18-20-26(21-19-25)41(2,38)39)36-35-27(28)8-7-11-32(35)37-30-9-3-5-12-33(30)40-34-13-6-4-10-31(34)37/h3-22H,1-2H3. The third-order valence-electron chi connectivity index (χ3n) is 7.43. The molecule has 0 N–H and O–H groups in total. The van der Waals surface area contributed by atoms with E-state index in [4.69, 9.17) is 9.72 Å². The van der Waals surface area contributed by atoms with Crippen LogP contribution in [0.5, 0.6) is 11.5 Å². The molecule has 7 rings (SSSR count). The molecule has 5 aromatic carbocycles. The molecular weight excluding hydrogens is 528 g/mol. The van der Waals surface area contributed by atoms with Crippen LogP contribution in [0, 0.1) is 6.92 Å². The molecule has 1 aliphatic heterocycles. The van der Waals surface area contributed by atoms with E-state index in [0.717, 1.165) is 61.8 Å². The molecular formula is C35H26N2O3S. The van der Waals surface area contributed by atoms with Gasteiger partial charge in [0.1, 0.15) is 0 Å². The third-order valence-corrected chi connectivity index (χ3v) is 8.56. The highest BCUT2D eigenvalue weighted by Gasteiger charge is 2.27. The van der Waals surface area contributed by atoms with Gasteiger partial charge in [-0.3, -0.25) is 0 Å². The molecule has 0 bridgehead atoms. The van der Waals surface area contributed by atoms with Crippen LogP contribution in [0.3, 0.4) is 0 Å². The molecule has 0 amide bonds. The van der Waals surface area contributed by atoms with E-state index in [1.54, 1.807) is 12.1 Å². The second-order valence-corrected chi connectivity index (χ2v) is 12.3. The lowest BCUT2D eigenvalue weighted by molar-refractivity contribution is 0.477. The van der Waals surface area contributed by atoms with Gasteiger partial charge < -0.3 is 9.64 Å². The van der Waals surface area contributed by atoms with Crippen molar-refractivity contribution in [3.8, 4) is 33.9 Å². The number of hydrogen-bond acceptors (Lipinski definition) is 5. The molecule has 0 saturated heterocycles. The first-order valence-electron chi connectivity index (χ1n) is 13.3. The van der Waals surface area contributed by atoms with Crippen molar-refractivity contribution in [2.24, 2.45) is 0 Å². The van der Waals surface area contributed by atoms with E-state index in [-0.39, 0.29) is 4.90 Å². The Morgan fingerprint density at radius 3 is 1.88 bits per heavy atom. The molecule has 0 spiro atoms. The van der Waals surface area contributed by atoms with E-state index in [9.17, 15) is 8.42 Å². The predicted octanol–water partition coefficient (Wildman–Crippen LogP) is 8.86. The highest BCUT2D eigenvalue weighted by atomic mass is 32.2. The molecule has 1 aromatic heterocycles. The van der Waals surface area contributed by atoms with Gasteiger partial charge in [0, 0.05) is 17.2 Å². The van der Waals surface area contributed by atoms with Crippen molar-refractivity contribution >= 4 is 37.8 Å². The van der Waals surface area contributed by atoms with Gasteiger partial charge in [0.2, 0.25) is 0 Å². The number of hydrogen-bond donors (Lipinski definition) is 0. The molecule has 6 heteroatoms. The molecule has 0 radical (unpaired) electrons. The van der Waals surface area contributed by atoms with E-state index < -0.39 is 9.84 Å². The van der Waals surface area contributed by atoms with Crippen LogP contribution in [0.1, 0.15) is 5.56 Å². The molecule has 0 aliphatic carbocycles. The topological polar surface area (TPSA) is 59.5 Å². The first-order chi connectivity index (χ1) is 19.9. The number of nitrogens with zero attached hydrogens (tertiary/aromatic N) is 2. The number of aromatic nitrogens is 1. The molecule has 0 unspecified atom stereocenters. The van der Waals surface area contributed by atoms with Gasteiger partial charge >= 0.3 is 0 Å². The number of anilines is 3. The monoisotopic (exact) mass is 554 g/mol. The first-order valence-corrected chi connectivity index (χ1v) is 15.2. The number of benzene rings is 5. The van der Waals surface area contributed by atoms with Crippen LogP contribution in [0.4, 0.5) is 17.1 Å². The number of para-hydroxylation sites is 5. The summed E-state index contributed by atoms with van der Waals surface area (Å²) in [6, 6.07) is 39.8. The fourth-order valence-corrected chi connectivity index (χ4v) is 6.00. The fourth-order valence-electron chi connectivity index (χ4n) is 5.37. The number of sulfone groups is 1. The smallest absolute Gasteiger partial charge is 0.175 e. The first kappa shape index (κ1) is 25.1. The van der Waals surface area contributed by atoms with Gasteiger partial charge in [-0.15, -0.1) is 0 Å². The van der Waals surface area contributed by atoms with Crippen molar-refractivity contribution < 1.29 is 13.2 Å². The molecule has 0 fully saturated rings.